The Kier molecular flexibility index (Phi) is 7.73. The largest absolute Gasteiger partial charge is 0.372 e. The molecule has 3 rings (SSSR count). The van der Waals surface area contributed by atoms with E-state index in [-0.39, 0.29) is 12.1 Å². The first kappa shape index (κ1) is 23.7. The molecule has 1 aliphatic heterocycles. The SMILES string of the molecule is CC[C@@H](C(=O)Nc1ccc(N2CCCCC2)cc1)N(c1cc(Cl)cc(Cl)c1)S(C)(=O)=O. The van der Waals surface area contributed by atoms with Crippen molar-refractivity contribution in [1.29, 1.82) is 0 Å². The first-order valence-electron chi connectivity index (χ1n) is 10.3. The molecule has 0 radical (unpaired) electrons. The highest BCUT2D eigenvalue weighted by molar-refractivity contribution is 7.92. The number of nitrogens with zero attached hydrogens (tertiary/aromatic N) is 2. The first-order chi connectivity index (χ1) is 14.7. The van der Waals surface area contributed by atoms with Gasteiger partial charge in [0.15, 0.2) is 0 Å². The molecule has 1 atom stereocenters. The van der Waals surface area contributed by atoms with Gasteiger partial charge in [-0.2, -0.15) is 0 Å². The van der Waals surface area contributed by atoms with Crippen LogP contribution >= 0.6 is 23.2 Å². The predicted molar refractivity (Wildman–Crippen MR) is 129 cm³/mol. The third kappa shape index (κ3) is 6.05. The van der Waals surface area contributed by atoms with Gasteiger partial charge in [-0.05, 0) is 68.1 Å². The van der Waals surface area contributed by atoms with E-state index in [9.17, 15) is 13.2 Å². The molecule has 1 heterocycles. The highest BCUT2D eigenvalue weighted by Gasteiger charge is 2.32. The number of hydrogen-bond donors (Lipinski definition) is 1. The molecule has 0 unspecified atom stereocenters. The lowest BCUT2D eigenvalue weighted by atomic mass is 10.1. The van der Waals surface area contributed by atoms with E-state index in [2.05, 4.69) is 10.2 Å². The maximum Gasteiger partial charge on any atom is 0.248 e. The van der Waals surface area contributed by atoms with Crippen LogP contribution in [0.2, 0.25) is 10.0 Å². The maximum atomic E-state index is 13.1. The molecule has 31 heavy (non-hydrogen) atoms. The minimum absolute atomic E-state index is 0.252. The van der Waals surface area contributed by atoms with E-state index in [0.29, 0.717) is 15.7 Å². The highest BCUT2D eigenvalue weighted by atomic mass is 35.5. The molecule has 0 aliphatic carbocycles. The van der Waals surface area contributed by atoms with Gasteiger partial charge in [0.25, 0.3) is 0 Å². The zero-order chi connectivity index (χ0) is 22.6. The van der Waals surface area contributed by atoms with E-state index in [1.165, 1.54) is 37.5 Å². The second-order valence-electron chi connectivity index (χ2n) is 7.69. The molecule has 6 nitrogen and oxygen atoms in total. The molecule has 1 N–H and O–H groups in total. The smallest absolute Gasteiger partial charge is 0.248 e. The van der Waals surface area contributed by atoms with Crippen LogP contribution in [-0.4, -0.2) is 39.7 Å². The van der Waals surface area contributed by atoms with Crippen LogP contribution < -0.4 is 14.5 Å². The van der Waals surface area contributed by atoms with Crippen molar-refractivity contribution in [2.75, 3.05) is 33.9 Å². The zero-order valence-corrected chi connectivity index (χ0v) is 20.0. The third-order valence-electron chi connectivity index (χ3n) is 5.29. The van der Waals surface area contributed by atoms with Gasteiger partial charge in [0.1, 0.15) is 6.04 Å². The summed E-state index contributed by atoms with van der Waals surface area (Å²) < 4.78 is 26.2. The van der Waals surface area contributed by atoms with Crippen LogP contribution in [0.1, 0.15) is 32.6 Å². The Balaban J connectivity index is 1.81. The summed E-state index contributed by atoms with van der Waals surface area (Å²) in [5.41, 5.74) is 1.99. The highest BCUT2D eigenvalue weighted by Crippen LogP contribution is 2.30. The number of nitrogens with one attached hydrogen (secondary N) is 1. The third-order valence-corrected chi connectivity index (χ3v) is 6.90. The summed E-state index contributed by atoms with van der Waals surface area (Å²) in [4.78, 5) is 15.4. The van der Waals surface area contributed by atoms with Crippen LogP contribution in [0, 0.1) is 0 Å². The van der Waals surface area contributed by atoms with Gasteiger partial charge in [-0.25, -0.2) is 8.42 Å². The molecule has 9 heteroatoms. The van der Waals surface area contributed by atoms with Crippen molar-refractivity contribution < 1.29 is 13.2 Å². The van der Waals surface area contributed by atoms with Gasteiger partial charge in [-0.3, -0.25) is 9.10 Å². The summed E-state index contributed by atoms with van der Waals surface area (Å²) >= 11 is 12.1. The normalized spacial score (nSPS) is 15.4. The Morgan fingerprint density at radius 2 is 1.65 bits per heavy atom. The Hall–Kier alpha value is -1.96. The zero-order valence-electron chi connectivity index (χ0n) is 17.6. The molecule has 1 fully saturated rings. The summed E-state index contributed by atoms with van der Waals surface area (Å²) in [6, 6.07) is 11.2. The summed E-state index contributed by atoms with van der Waals surface area (Å²) in [6.07, 6.45) is 4.97. The van der Waals surface area contributed by atoms with Crippen molar-refractivity contribution in [2.24, 2.45) is 0 Å². The summed E-state index contributed by atoms with van der Waals surface area (Å²) in [7, 11) is -3.77. The number of carbonyl (C=O) groups is 1. The van der Waals surface area contributed by atoms with Crippen LogP contribution in [0.5, 0.6) is 0 Å². The summed E-state index contributed by atoms with van der Waals surface area (Å²) in [5.74, 6) is -0.422. The van der Waals surface area contributed by atoms with E-state index >= 15 is 0 Å². The van der Waals surface area contributed by atoms with Crippen LogP contribution in [0.4, 0.5) is 17.1 Å². The van der Waals surface area contributed by atoms with Crippen molar-refractivity contribution in [3.63, 3.8) is 0 Å². The first-order valence-corrected chi connectivity index (χ1v) is 12.9. The molecule has 2 aromatic carbocycles. The molecule has 2 aromatic rings. The van der Waals surface area contributed by atoms with Crippen molar-refractivity contribution in [3.8, 4) is 0 Å². The fourth-order valence-electron chi connectivity index (χ4n) is 3.86. The quantitative estimate of drug-likeness (QED) is 0.589. The molecule has 0 aromatic heterocycles. The number of halogens is 2. The number of amides is 1. The van der Waals surface area contributed by atoms with Crippen LogP contribution in [-0.2, 0) is 14.8 Å². The molecule has 168 valence electrons. The summed E-state index contributed by atoms with van der Waals surface area (Å²) in [5, 5.41) is 3.43. The standard InChI is InChI=1S/C22H27Cl2N3O3S/c1-3-21(27(31(2,29)30)20-14-16(23)13-17(24)15-20)22(28)25-18-7-9-19(10-8-18)26-11-5-4-6-12-26/h7-10,13-15,21H,3-6,11-12H2,1-2H3,(H,25,28)/t21-/m0/s1. The number of sulfonamides is 1. The van der Waals surface area contributed by atoms with Crippen LogP contribution in [0.25, 0.3) is 0 Å². The number of rotatable bonds is 7. The molecular formula is C22H27Cl2N3O3S. The average molecular weight is 484 g/mol. The molecule has 0 spiro atoms. The van der Waals surface area contributed by atoms with Crippen molar-refractivity contribution in [3.05, 3.63) is 52.5 Å². The van der Waals surface area contributed by atoms with Gasteiger partial charge in [0.05, 0.1) is 11.9 Å². The molecule has 1 aliphatic rings. The molecule has 0 bridgehead atoms. The van der Waals surface area contributed by atoms with Crippen LogP contribution in [0.3, 0.4) is 0 Å². The molecular weight excluding hydrogens is 457 g/mol. The number of anilines is 3. The molecule has 1 amide bonds. The van der Waals surface area contributed by atoms with Gasteiger partial charge in [-0.15, -0.1) is 0 Å². The van der Waals surface area contributed by atoms with E-state index < -0.39 is 22.0 Å². The minimum Gasteiger partial charge on any atom is -0.372 e. The average Bonchev–Trinajstić information content (AvgIpc) is 2.71. The van der Waals surface area contributed by atoms with Gasteiger partial charge in [0, 0.05) is 34.5 Å². The number of benzene rings is 2. The van der Waals surface area contributed by atoms with E-state index in [1.807, 2.05) is 24.3 Å². The fraction of sp³-hybridized carbons (Fsp3) is 0.409. The predicted octanol–water partition coefficient (Wildman–Crippen LogP) is 5.17. The Labute approximate surface area is 194 Å². The van der Waals surface area contributed by atoms with Gasteiger partial charge in [-0.1, -0.05) is 30.1 Å². The van der Waals surface area contributed by atoms with Gasteiger partial charge < -0.3 is 10.2 Å². The van der Waals surface area contributed by atoms with Crippen molar-refractivity contribution >= 4 is 56.2 Å². The fourth-order valence-corrected chi connectivity index (χ4v) is 5.57. The second kappa shape index (κ2) is 10.1. The van der Waals surface area contributed by atoms with Crippen molar-refractivity contribution in [2.45, 2.75) is 38.6 Å². The lowest BCUT2D eigenvalue weighted by molar-refractivity contribution is -0.117. The van der Waals surface area contributed by atoms with Gasteiger partial charge >= 0.3 is 0 Å². The number of hydrogen-bond acceptors (Lipinski definition) is 4. The van der Waals surface area contributed by atoms with E-state index in [4.69, 9.17) is 23.2 Å². The van der Waals surface area contributed by atoms with Crippen LogP contribution in [0.15, 0.2) is 42.5 Å². The van der Waals surface area contributed by atoms with E-state index in [0.717, 1.165) is 29.3 Å². The Bertz CT molecular complexity index is 1000. The number of carbonyl (C=O) groups excluding carboxylic acids is 1. The minimum atomic E-state index is -3.77. The van der Waals surface area contributed by atoms with E-state index in [1.54, 1.807) is 6.92 Å². The second-order valence-corrected chi connectivity index (χ2v) is 10.4. The maximum absolute atomic E-state index is 13.1. The Morgan fingerprint density at radius 1 is 1.06 bits per heavy atom. The Morgan fingerprint density at radius 3 is 2.16 bits per heavy atom. The number of piperidine rings is 1. The topological polar surface area (TPSA) is 69.7 Å². The lowest BCUT2D eigenvalue weighted by Crippen LogP contribution is -2.47. The van der Waals surface area contributed by atoms with Gasteiger partial charge in [0.2, 0.25) is 15.9 Å². The lowest BCUT2D eigenvalue weighted by Gasteiger charge is -2.30. The monoisotopic (exact) mass is 483 g/mol. The molecule has 1 saturated heterocycles. The van der Waals surface area contributed by atoms with Crippen molar-refractivity contribution in [1.82, 2.24) is 0 Å². The molecule has 0 saturated carbocycles. The summed E-state index contributed by atoms with van der Waals surface area (Å²) in [6.45, 7) is 3.83.